The molecule has 1 aliphatic rings. The number of benzene rings is 2. The van der Waals surface area contributed by atoms with Gasteiger partial charge in [0.05, 0.1) is 0 Å². The van der Waals surface area contributed by atoms with Crippen LogP contribution in [0.25, 0.3) is 0 Å². The van der Waals surface area contributed by atoms with E-state index in [1.54, 1.807) is 27.7 Å². The van der Waals surface area contributed by atoms with Gasteiger partial charge in [-0.1, -0.05) is 0 Å². The van der Waals surface area contributed by atoms with Crippen molar-refractivity contribution in [2.45, 2.75) is 106 Å². The van der Waals surface area contributed by atoms with Gasteiger partial charge in [0.2, 0.25) is 0 Å². The van der Waals surface area contributed by atoms with Crippen LogP contribution in [0, 0.1) is 41.5 Å². The van der Waals surface area contributed by atoms with E-state index in [1.165, 1.54) is 0 Å². The van der Waals surface area contributed by atoms with E-state index in [9.17, 15) is 26.3 Å². The molecule has 0 unspecified atom stereocenters. The number of hydrogen-bond donors (Lipinski definition) is 0. The van der Waals surface area contributed by atoms with E-state index < -0.39 is 45.3 Å². The summed E-state index contributed by atoms with van der Waals surface area (Å²) in [5, 5.41) is 0. The molecule has 0 saturated carbocycles. The quantitative estimate of drug-likeness (QED) is 0.246. The fraction of sp³-hybridized carbons (Fsp3) is 0.533. The van der Waals surface area contributed by atoms with E-state index >= 15 is 0 Å². The van der Waals surface area contributed by atoms with Gasteiger partial charge in [-0.3, -0.25) is 0 Å². The van der Waals surface area contributed by atoms with Crippen LogP contribution in [0.15, 0.2) is 20.9 Å². The van der Waals surface area contributed by atoms with Crippen molar-refractivity contribution in [2.75, 3.05) is 0 Å². The summed E-state index contributed by atoms with van der Waals surface area (Å²) in [6, 6.07) is 3.66. The third kappa shape index (κ3) is 4.59. The summed E-state index contributed by atoms with van der Waals surface area (Å²) in [6.45, 7) is 22.0. The molecule has 3 rings (SSSR count). The minimum absolute atomic E-state index is 0.312. The minimum atomic E-state index is -5.44. The number of allylic oxidation sites excluding steroid dienone is 2. The Balaban J connectivity index is 2.76. The van der Waals surface area contributed by atoms with Gasteiger partial charge in [-0.2, -0.15) is 0 Å². The molecule has 0 saturated heterocycles. The van der Waals surface area contributed by atoms with Crippen LogP contribution in [0.5, 0.6) is 0 Å². The standard InChI is InChI=1S/C30H38F6Ge/c1-15-13-21(27(7,8)9)23(19(5)17(15)3)37(25(29(31,32)33)26(37)30(34,35)36)24-20(6)18(4)16(2)14-22(24)28(10,11)12/h13-14H,1-12H3. The van der Waals surface area contributed by atoms with Crippen molar-refractivity contribution in [2.24, 2.45) is 0 Å². The number of hydrogen-bond acceptors (Lipinski definition) is 0. The monoisotopic (exact) mass is 586 g/mol. The van der Waals surface area contributed by atoms with Crippen molar-refractivity contribution >= 4 is 22.1 Å². The molecule has 0 amide bonds. The van der Waals surface area contributed by atoms with E-state index in [0.29, 0.717) is 31.0 Å². The first-order chi connectivity index (χ1) is 16.4. The zero-order valence-corrected chi connectivity index (χ0v) is 26.0. The molecule has 204 valence electrons. The second kappa shape index (κ2) is 8.65. The van der Waals surface area contributed by atoms with Crippen LogP contribution in [0.2, 0.25) is 0 Å². The Morgan fingerprint density at radius 2 is 0.757 bits per heavy atom. The molecule has 2 aromatic carbocycles. The van der Waals surface area contributed by atoms with Crippen LogP contribution in [-0.2, 0) is 10.8 Å². The molecule has 0 aromatic heterocycles. The normalized spacial score (nSPS) is 16.5. The molecule has 37 heavy (non-hydrogen) atoms. The maximum atomic E-state index is 14.9. The predicted molar refractivity (Wildman–Crippen MR) is 143 cm³/mol. The van der Waals surface area contributed by atoms with Gasteiger partial charge in [0.25, 0.3) is 0 Å². The van der Waals surface area contributed by atoms with Gasteiger partial charge < -0.3 is 0 Å². The molecule has 0 fully saturated rings. The molecule has 0 bridgehead atoms. The van der Waals surface area contributed by atoms with Gasteiger partial charge in [0, 0.05) is 0 Å². The second-order valence-electron chi connectivity index (χ2n) is 12.7. The van der Waals surface area contributed by atoms with E-state index in [4.69, 9.17) is 0 Å². The molecule has 0 nitrogen and oxygen atoms in total. The van der Waals surface area contributed by atoms with Crippen molar-refractivity contribution in [3.63, 3.8) is 0 Å². The zero-order chi connectivity index (χ0) is 28.8. The van der Waals surface area contributed by atoms with Gasteiger partial charge in [-0.15, -0.1) is 0 Å². The Morgan fingerprint density at radius 1 is 0.486 bits per heavy atom. The fourth-order valence-electron chi connectivity index (χ4n) is 5.93. The number of aryl methyl sites for hydroxylation is 2. The average Bonchev–Trinajstić information content (AvgIpc) is 3.40. The number of halogens is 6. The summed E-state index contributed by atoms with van der Waals surface area (Å²) in [5.41, 5.74) is 4.25. The maximum absolute atomic E-state index is 14.9. The van der Waals surface area contributed by atoms with E-state index in [1.807, 2.05) is 67.5 Å². The first-order valence-corrected chi connectivity index (χ1v) is 16.7. The topological polar surface area (TPSA) is 0 Å². The van der Waals surface area contributed by atoms with Crippen molar-refractivity contribution in [1.82, 2.24) is 0 Å². The van der Waals surface area contributed by atoms with Crippen molar-refractivity contribution < 1.29 is 26.3 Å². The van der Waals surface area contributed by atoms with E-state index in [0.717, 1.165) is 22.3 Å². The van der Waals surface area contributed by atoms with Gasteiger partial charge in [0.15, 0.2) is 0 Å². The summed E-state index contributed by atoms with van der Waals surface area (Å²) in [4.78, 5) is 0. The zero-order valence-electron chi connectivity index (χ0n) is 23.9. The van der Waals surface area contributed by atoms with Gasteiger partial charge >= 0.3 is 220 Å². The van der Waals surface area contributed by atoms with Crippen LogP contribution in [0.3, 0.4) is 0 Å². The van der Waals surface area contributed by atoms with E-state index in [2.05, 4.69) is 0 Å². The summed E-state index contributed by atoms with van der Waals surface area (Å²) < 4.78 is 87.2. The molecular formula is C30H38F6Ge. The predicted octanol–water partition coefficient (Wildman–Crippen LogP) is 8.21. The van der Waals surface area contributed by atoms with E-state index in [-0.39, 0.29) is 0 Å². The molecule has 0 N–H and O–H groups in total. The Hall–Kier alpha value is -1.70. The van der Waals surface area contributed by atoms with Crippen LogP contribution in [0.1, 0.15) is 86.1 Å². The van der Waals surface area contributed by atoms with Crippen LogP contribution < -0.4 is 8.79 Å². The fourth-order valence-corrected chi connectivity index (χ4v) is 20.2. The molecule has 0 aliphatic carbocycles. The molecule has 7 heteroatoms. The molecule has 2 aromatic rings. The second-order valence-corrected chi connectivity index (χ2v) is 20.1. The van der Waals surface area contributed by atoms with Gasteiger partial charge in [-0.25, -0.2) is 0 Å². The summed E-state index contributed by atoms with van der Waals surface area (Å²) in [6.07, 6.45) is -10.2. The molecule has 0 spiro atoms. The summed E-state index contributed by atoms with van der Waals surface area (Å²) in [5.74, 6) is 0. The number of rotatable bonds is 2. The molecule has 1 aliphatic heterocycles. The molecular weight excluding hydrogens is 547 g/mol. The SMILES string of the molecule is Cc1cc(C(C)(C)C)[c]([Ge]2([c]3c(C(C)(C)C)cc(C)c(C)c3C)[C](C(F)(F)F)=[C]2C(F)(F)F)c(C)c1C. The summed E-state index contributed by atoms with van der Waals surface area (Å²) >= 11 is -5.44. The third-order valence-corrected chi connectivity index (χ3v) is 18.9. The average molecular weight is 585 g/mol. The van der Waals surface area contributed by atoms with Crippen LogP contribution in [-0.4, -0.2) is 25.6 Å². The molecule has 1 heterocycles. The molecule has 0 atom stereocenters. The number of alkyl halides is 6. The first-order valence-electron chi connectivity index (χ1n) is 12.5. The summed E-state index contributed by atoms with van der Waals surface area (Å²) in [7, 11) is 0. The Labute approximate surface area is 219 Å². The van der Waals surface area contributed by atoms with Crippen LogP contribution >= 0.6 is 0 Å². The Kier molecular flexibility index (Phi) is 6.98. The van der Waals surface area contributed by atoms with Gasteiger partial charge in [-0.05, 0) is 0 Å². The Bertz CT molecular complexity index is 1210. The van der Waals surface area contributed by atoms with Crippen LogP contribution in [0.4, 0.5) is 26.3 Å². The van der Waals surface area contributed by atoms with Gasteiger partial charge in [0.1, 0.15) is 0 Å². The Morgan fingerprint density at radius 3 is 0.973 bits per heavy atom. The molecule has 0 radical (unpaired) electrons. The van der Waals surface area contributed by atoms with Crippen molar-refractivity contribution in [3.05, 3.63) is 65.5 Å². The first kappa shape index (κ1) is 29.9. The van der Waals surface area contributed by atoms with Crippen molar-refractivity contribution in [3.8, 4) is 0 Å². The third-order valence-electron chi connectivity index (χ3n) is 8.19. The van der Waals surface area contributed by atoms with Crippen molar-refractivity contribution in [1.29, 1.82) is 0 Å².